The van der Waals surface area contributed by atoms with Crippen LogP contribution < -0.4 is 10.2 Å². The summed E-state index contributed by atoms with van der Waals surface area (Å²) in [5.41, 5.74) is 3.03. The molecule has 0 radical (unpaired) electrons. The van der Waals surface area contributed by atoms with Gasteiger partial charge in [-0.15, -0.1) is 0 Å². The lowest BCUT2D eigenvalue weighted by molar-refractivity contribution is -0.123. The average molecular weight is 358 g/mol. The molecule has 22 heavy (non-hydrogen) atoms. The van der Waals surface area contributed by atoms with Gasteiger partial charge in [0.1, 0.15) is 5.75 Å². The number of nitrogens with zero attached hydrogens (tertiary/aromatic N) is 1. The summed E-state index contributed by atoms with van der Waals surface area (Å²) in [4.78, 5) is 11.6. The fourth-order valence-corrected chi connectivity index (χ4v) is 2.04. The van der Waals surface area contributed by atoms with E-state index in [1.807, 2.05) is 6.07 Å². The number of carbonyl (C=O) groups excluding carboxylic acids is 1. The van der Waals surface area contributed by atoms with Crippen molar-refractivity contribution in [1.82, 2.24) is 5.43 Å². The van der Waals surface area contributed by atoms with Gasteiger partial charge in [-0.25, -0.2) is 5.43 Å². The van der Waals surface area contributed by atoms with Gasteiger partial charge < -0.3 is 4.74 Å². The van der Waals surface area contributed by atoms with Crippen molar-refractivity contribution in [2.45, 2.75) is 0 Å². The summed E-state index contributed by atoms with van der Waals surface area (Å²) in [6.45, 7) is -0.236. The van der Waals surface area contributed by atoms with Crippen LogP contribution in [0.5, 0.6) is 5.75 Å². The Kier molecular flexibility index (Phi) is 6.07. The minimum Gasteiger partial charge on any atom is -0.482 e. The number of amides is 1. The Morgan fingerprint density at radius 2 is 1.91 bits per heavy atom. The third-order valence-corrected chi connectivity index (χ3v) is 3.44. The molecule has 0 heterocycles. The van der Waals surface area contributed by atoms with Crippen molar-refractivity contribution in [3.63, 3.8) is 0 Å². The normalized spacial score (nSPS) is 10.7. The lowest BCUT2D eigenvalue weighted by atomic mass is 10.2. The molecule has 0 bridgehead atoms. The summed E-state index contributed by atoms with van der Waals surface area (Å²) in [7, 11) is 0. The molecule has 4 nitrogen and oxygen atoms in total. The summed E-state index contributed by atoms with van der Waals surface area (Å²) in [5.74, 6) is -0.0984. The Bertz CT molecular complexity index is 705. The maximum absolute atomic E-state index is 11.6. The minimum absolute atomic E-state index is 0.236. The molecule has 0 atom stereocenters. The van der Waals surface area contributed by atoms with E-state index in [0.29, 0.717) is 26.4 Å². The number of nitrogens with one attached hydrogen (secondary N) is 1. The summed E-state index contributed by atoms with van der Waals surface area (Å²) in [6, 6.07) is 11.9. The molecular weight excluding hydrogens is 347 g/mol. The standard InChI is InChI=1S/C15H11Cl3N2O2/c16-11-5-6-13(18)14(7-11)22-9-15(21)20-19-8-10-3-1-2-4-12(10)17/h1-8H,9H2,(H,20,21)/b19-8+. The summed E-state index contributed by atoms with van der Waals surface area (Å²) in [5, 5.41) is 5.19. The van der Waals surface area contributed by atoms with E-state index in [-0.39, 0.29) is 6.61 Å². The van der Waals surface area contributed by atoms with Gasteiger partial charge in [-0.1, -0.05) is 53.0 Å². The van der Waals surface area contributed by atoms with Crippen LogP contribution in [0.3, 0.4) is 0 Å². The summed E-state index contributed by atoms with van der Waals surface area (Å²) in [6.07, 6.45) is 1.45. The molecule has 0 saturated heterocycles. The predicted molar refractivity (Wildman–Crippen MR) is 89.1 cm³/mol. The van der Waals surface area contributed by atoms with Gasteiger partial charge in [-0.3, -0.25) is 4.79 Å². The van der Waals surface area contributed by atoms with Crippen LogP contribution in [0.4, 0.5) is 0 Å². The van der Waals surface area contributed by atoms with Gasteiger partial charge in [0.15, 0.2) is 6.61 Å². The highest BCUT2D eigenvalue weighted by atomic mass is 35.5. The molecule has 0 spiro atoms. The molecule has 2 aromatic carbocycles. The van der Waals surface area contributed by atoms with Crippen molar-refractivity contribution in [3.05, 3.63) is 63.1 Å². The second kappa shape index (κ2) is 8.03. The van der Waals surface area contributed by atoms with E-state index in [1.165, 1.54) is 12.3 Å². The van der Waals surface area contributed by atoms with Crippen molar-refractivity contribution in [2.75, 3.05) is 6.61 Å². The number of ether oxygens (including phenoxy) is 1. The van der Waals surface area contributed by atoms with E-state index >= 15 is 0 Å². The maximum Gasteiger partial charge on any atom is 0.277 e. The molecule has 0 aliphatic rings. The zero-order valence-corrected chi connectivity index (χ0v) is 13.5. The van der Waals surface area contributed by atoms with Crippen molar-refractivity contribution in [2.24, 2.45) is 5.10 Å². The second-order valence-corrected chi connectivity index (χ2v) is 5.43. The van der Waals surface area contributed by atoms with E-state index < -0.39 is 5.91 Å². The van der Waals surface area contributed by atoms with Crippen LogP contribution in [0, 0.1) is 0 Å². The van der Waals surface area contributed by atoms with Gasteiger partial charge in [0.05, 0.1) is 11.2 Å². The number of benzene rings is 2. The van der Waals surface area contributed by atoms with Crippen LogP contribution in [0.25, 0.3) is 0 Å². The predicted octanol–water partition coefficient (Wildman–Crippen LogP) is 4.18. The van der Waals surface area contributed by atoms with Crippen molar-refractivity contribution >= 4 is 46.9 Å². The van der Waals surface area contributed by atoms with E-state index in [9.17, 15) is 4.79 Å². The van der Waals surface area contributed by atoms with Crippen LogP contribution in [0.15, 0.2) is 47.6 Å². The van der Waals surface area contributed by atoms with Gasteiger partial charge in [-0.2, -0.15) is 5.10 Å². The molecular formula is C15H11Cl3N2O2. The van der Waals surface area contributed by atoms with Gasteiger partial charge in [0.2, 0.25) is 0 Å². The number of hydrogen-bond acceptors (Lipinski definition) is 3. The monoisotopic (exact) mass is 356 g/mol. The van der Waals surface area contributed by atoms with E-state index in [2.05, 4.69) is 10.5 Å². The quantitative estimate of drug-likeness (QED) is 0.645. The Labute approximate surface area is 142 Å². The first kappa shape index (κ1) is 16.6. The maximum atomic E-state index is 11.6. The molecule has 0 aliphatic carbocycles. The first-order valence-electron chi connectivity index (χ1n) is 6.20. The molecule has 0 fully saturated rings. The van der Waals surface area contributed by atoms with E-state index in [1.54, 1.807) is 30.3 Å². The number of halogens is 3. The molecule has 0 unspecified atom stereocenters. The number of hydrazone groups is 1. The smallest absolute Gasteiger partial charge is 0.277 e. The SMILES string of the molecule is O=C(COc1cc(Cl)ccc1Cl)N/N=C/c1ccccc1Cl. The zero-order valence-electron chi connectivity index (χ0n) is 11.2. The fourth-order valence-electron chi connectivity index (χ4n) is 1.52. The fraction of sp³-hybridized carbons (Fsp3) is 0.0667. The highest BCUT2D eigenvalue weighted by Gasteiger charge is 2.06. The van der Waals surface area contributed by atoms with Crippen LogP contribution in [-0.2, 0) is 4.79 Å². The van der Waals surface area contributed by atoms with Crippen LogP contribution in [-0.4, -0.2) is 18.7 Å². The topological polar surface area (TPSA) is 50.7 Å². The first-order valence-corrected chi connectivity index (χ1v) is 7.34. The summed E-state index contributed by atoms with van der Waals surface area (Å²) >= 11 is 17.7. The Hall–Kier alpha value is -1.75. The van der Waals surface area contributed by atoms with Crippen molar-refractivity contribution < 1.29 is 9.53 Å². The molecule has 0 aromatic heterocycles. The highest BCUT2D eigenvalue weighted by molar-refractivity contribution is 6.34. The van der Waals surface area contributed by atoms with E-state index in [0.717, 1.165) is 0 Å². The largest absolute Gasteiger partial charge is 0.482 e. The van der Waals surface area contributed by atoms with Gasteiger partial charge in [0, 0.05) is 21.7 Å². The number of hydrogen-bond donors (Lipinski definition) is 1. The van der Waals surface area contributed by atoms with Crippen LogP contribution >= 0.6 is 34.8 Å². The molecule has 7 heteroatoms. The molecule has 1 amide bonds. The highest BCUT2D eigenvalue weighted by Crippen LogP contribution is 2.27. The molecule has 1 N–H and O–H groups in total. The average Bonchev–Trinajstić information content (AvgIpc) is 2.50. The van der Waals surface area contributed by atoms with Gasteiger partial charge in [-0.05, 0) is 18.2 Å². The van der Waals surface area contributed by atoms with Gasteiger partial charge in [0.25, 0.3) is 5.91 Å². The molecule has 0 aliphatic heterocycles. The zero-order chi connectivity index (χ0) is 15.9. The first-order chi connectivity index (χ1) is 10.6. The number of rotatable bonds is 5. The second-order valence-electron chi connectivity index (χ2n) is 4.18. The Morgan fingerprint density at radius 1 is 1.14 bits per heavy atom. The van der Waals surface area contributed by atoms with Crippen molar-refractivity contribution in [3.8, 4) is 5.75 Å². The van der Waals surface area contributed by atoms with E-state index in [4.69, 9.17) is 39.5 Å². The Morgan fingerprint density at radius 3 is 2.68 bits per heavy atom. The molecule has 114 valence electrons. The molecule has 0 saturated carbocycles. The number of carbonyl (C=O) groups is 1. The lowest BCUT2D eigenvalue weighted by Crippen LogP contribution is -2.24. The van der Waals surface area contributed by atoms with Crippen LogP contribution in [0.1, 0.15) is 5.56 Å². The minimum atomic E-state index is -0.431. The lowest BCUT2D eigenvalue weighted by Gasteiger charge is -2.07. The molecule has 2 aromatic rings. The third kappa shape index (κ3) is 4.91. The molecule has 2 rings (SSSR count). The third-order valence-electron chi connectivity index (χ3n) is 2.55. The van der Waals surface area contributed by atoms with Gasteiger partial charge >= 0.3 is 0 Å². The van der Waals surface area contributed by atoms with Crippen LogP contribution in [0.2, 0.25) is 15.1 Å². The summed E-state index contributed by atoms with van der Waals surface area (Å²) < 4.78 is 5.28. The van der Waals surface area contributed by atoms with Crippen molar-refractivity contribution in [1.29, 1.82) is 0 Å². The Balaban J connectivity index is 1.86.